The molecule has 0 aliphatic carbocycles. The zero-order valence-electron chi connectivity index (χ0n) is 12.2. The van der Waals surface area contributed by atoms with Crippen molar-refractivity contribution in [2.75, 3.05) is 11.7 Å². The molecule has 0 radical (unpaired) electrons. The summed E-state index contributed by atoms with van der Waals surface area (Å²) in [4.78, 5) is 0. The highest BCUT2D eigenvalue weighted by atomic mass is 35.5. The van der Waals surface area contributed by atoms with Gasteiger partial charge in [0.25, 0.3) is 5.76 Å². The Labute approximate surface area is 156 Å². The molecule has 13 heteroatoms. The maximum Gasteiger partial charge on any atom is 0.416 e. The molecule has 1 unspecified atom stereocenters. The van der Waals surface area contributed by atoms with E-state index < -0.39 is 57.5 Å². The smallest absolute Gasteiger partial charge is 0.258 e. The fourth-order valence-electron chi connectivity index (χ4n) is 2.17. The van der Waals surface area contributed by atoms with Crippen LogP contribution in [0.15, 0.2) is 22.9 Å². The molecule has 0 saturated heterocycles. The second kappa shape index (κ2) is 7.72. The van der Waals surface area contributed by atoms with Gasteiger partial charge in [-0.05, 0) is 12.1 Å². The lowest BCUT2D eigenvalue weighted by Gasteiger charge is -2.32. The van der Waals surface area contributed by atoms with Crippen LogP contribution in [0.4, 0.5) is 36.4 Å². The molecular formula is C13H6Cl2F7N3S. The Bertz CT molecular complexity index is 755. The molecule has 1 aromatic rings. The van der Waals surface area contributed by atoms with E-state index >= 15 is 0 Å². The Morgan fingerprint density at radius 1 is 1.27 bits per heavy atom. The molecule has 1 aliphatic rings. The van der Waals surface area contributed by atoms with Gasteiger partial charge < -0.3 is 0 Å². The monoisotopic (exact) mass is 439 g/mol. The maximum atomic E-state index is 14.4. The number of nitrogens with zero attached hydrogens (tertiary/aromatic N) is 3. The molecular weight excluding hydrogens is 434 g/mol. The molecule has 0 saturated carbocycles. The largest absolute Gasteiger partial charge is 0.416 e. The van der Waals surface area contributed by atoms with Gasteiger partial charge in [0.2, 0.25) is 0 Å². The summed E-state index contributed by atoms with van der Waals surface area (Å²) >= 11 is 11.2. The van der Waals surface area contributed by atoms with E-state index in [1.807, 2.05) is 0 Å². The van der Waals surface area contributed by atoms with Crippen molar-refractivity contribution in [1.82, 2.24) is 4.41 Å². The third-order valence-electron chi connectivity index (χ3n) is 3.18. The third kappa shape index (κ3) is 3.83. The van der Waals surface area contributed by atoms with Gasteiger partial charge in [0.15, 0.2) is 6.04 Å². The van der Waals surface area contributed by atoms with Gasteiger partial charge in [-0.25, -0.2) is 8.78 Å². The van der Waals surface area contributed by atoms with Crippen molar-refractivity contribution in [3.05, 3.63) is 39.3 Å². The van der Waals surface area contributed by atoms with Crippen LogP contribution in [0.3, 0.4) is 0 Å². The molecule has 0 bridgehead atoms. The Morgan fingerprint density at radius 2 is 1.88 bits per heavy atom. The van der Waals surface area contributed by atoms with Gasteiger partial charge >= 0.3 is 6.18 Å². The van der Waals surface area contributed by atoms with E-state index in [9.17, 15) is 30.7 Å². The summed E-state index contributed by atoms with van der Waals surface area (Å²) in [6.07, 6.45) is -4.92. The number of allylic oxidation sites excluding steroid dienone is 1. The van der Waals surface area contributed by atoms with Gasteiger partial charge in [-0.1, -0.05) is 23.2 Å². The molecule has 0 aromatic heterocycles. The van der Waals surface area contributed by atoms with Crippen LogP contribution in [0.5, 0.6) is 0 Å². The zero-order valence-corrected chi connectivity index (χ0v) is 14.5. The average Bonchev–Trinajstić information content (AvgIpc) is 2.76. The van der Waals surface area contributed by atoms with Gasteiger partial charge in [-0.15, -0.1) is 4.41 Å². The van der Waals surface area contributed by atoms with E-state index in [0.29, 0.717) is 15.5 Å². The van der Waals surface area contributed by atoms with Gasteiger partial charge in [-0.2, -0.15) is 27.2 Å². The lowest BCUT2D eigenvalue weighted by molar-refractivity contribution is -0.137. The molecule has 1 atom stereocenters. The Balaban J connectivity index is 2.65. The first kappa shape index (κ1) is 21.0. The standard InChI is InChI=1S/C13H6Cl2F7N3S/c14-6-1-5(13(20,21)22)2-7(17)11(6)24-8(3-16)10(15)9(4-23)25(24)26-12(18)19/h1-2,9,12H,3H2. The number of hydrogen-bond donors (Lipinski definition) is 0. The Morgan fingerprint density at radius 3 is 2.31 bits per heavy atom. The molecule has 26 heavy (non-hydrogen) atoms. The quantitative estimate of drug-likeness (QED) is 0.443. The first-order valence-corrected chi connectivity index (χ1v) is 8.06. The van der Waals surface area contributed by atoms with Crippen molar-refractivity contribution in [3.8, 4) is 6.07 Å². The van der Waals surface area contributed by atoms with Gasteiger partial charge in [-0.3, -0.25) is 5.01 Å². The predicted molar refractivity (Wildman–Crippen MR) is 82.6 cm³/mol. The van der Waals surface area contributed by atoms with E-state index in [1.54, 1.807) is 0 Å². The van der Waals surface area contributed by atoms with Crippen molar-refractivity contribution in [2.45, 2.75) is 18.0 Å². The topological polar surface area (TPSA) is 30.3 Å². The highest BCUT2D eigenvalue weighted by Crippen LogP contribution is 2.46. The van der Waals surface area contributed by atoms with E-state index in [0.717, 1.165) is 0 Å². The van der Waals surface area contributed by atoms with Crippen molar-refractivity contribution in [3.63, 3.8) is 0 Å². The molecule has 142 valence electrons. The summed E-state index contributed by atoms with van der Waals surface area (Å²) < 4.78 is 92.0. The van der Waals surface area contributed by atoms with Gasteiger partial charge in [0, 0.05) is 11.9 Å². The van der Waals surface area contributed by atoms with Crippen LogP contribution < -0.4 is 5.01 Å². The summed E-state index contributed by atoms with van der Waals surface area (Å²) in [5.74, 6) is -4.67. The summed E-state index contributed by atoms with van der Waals surface area (Å²) in [5.41, 5.74) is -2.85. The minimum Gasteiger partial charge on any atom is -0.258 e. The molecule has 2 rings (SSSR count). The van der Waals surface area contributed by atoms with Crippen molar-refractivity contribution in [2.24, 2.45) is 0 Å². The first-order chi connectivity index (χ1) is 12.0. The fourth-order valence-corrected chi connectivity index (χ4v) is 3.50. The van der Waals surface area contributed by atoms with Crippen LogP contribution in [0.25, 0.3) is 0 Å². The fraction of sp³-hybridized carbons (Fsp3) is 0.308. The second-order valence-electron chi connectivity index (χ2n) is 4.73. The lowest BCUT2D eigenvalue weighted by Crippen LogP contribution is -2.39. The van der Waals surface area contributed by atoms with Gasteiger partial charge in [0.05, 0.1) is 27.4 Å². The summed E-state index contributed by atoms with van der Waals surface area (Å²) in [6.45, 7) is -1.41. The highest BCUT2D eigenvalue weighted by molar-refractivity contribution is 7.97. The summed E-state index contributed by atoms with van der Waals surface area (Å²) in [7, 11) is 0. The minimum atomic E-state index is -4.92. The maximum absolute atomic E-state index is 14.4. The summed E-state index contributed by atoms with van der Waals surface area (Å²) in [6, 6.07) is 0.359. The van der Waals surface area contributed by atoms with Crippen LogP contribution in [0.2, 0.25) is 5.02 Å². The molecule has 3 nitrogen and oxygen atoms in total. The van der Waals surface area contributed by atoms with Crippen LogP contribution in [0.1, 0.15) is 5.56 Å². The lowest BCUT2D eigenvalue weighted by atomic mass is 10.1. The zero-order chi connectivity index (χ0) is 19.8. The molecule has 0 N–H and O–H groups in total. The average molecular weight is 440 g/mol. The number of hydrogen-bond acceptors (Lipinski definition) is 4. The number of halogens is 9. The normalized spacial score (nSPS) is 18.8. The Kier molecular flexibility index (Phi) is 6.22. The SMILES string of the molecule is N#CC1C(Cl)=C(CF)N(c2c(F)cc(C(F)(F)F)cc2Cl)N1SC(F)F. The minimum absolute atomic E-state index is 0.0793. The van der Waals surface area contributed by atoms with Crippen LogP contribution in [-0.4, -0.2) is 22.9 Å². The molecule has 0 fully saturated rings. The number of nitriles is 1. The molecule has 1 heterocycles. The number of alkyl halides is 6. The molecule has 0 amide bonds. The van der Waals surface area contributed by atoms with E-state index in [2.05, 4.69) is 0 Å². The first-order valence-electron chi connectivity index (χ1n) is 6.47. The predicted octanol–water partition coefficient (Wildman–Crippen LogP) is 5.72. The van der Waals surface area contributed by atoms with E-state index in [1.165, 1.54) is 6.07 Å². The van der Waals surface area contributed by atoms with Crippen LogP contribution >= 0.6 is 35.1 Å². The van der Waals surface area contributed by atoms with E-state index in [-0.39, 0.29) is 18.0 Å². The number of rotatable bonds is 4. The van der Waals surface area contributed by atoms with Gasteiger partial charge in [0.1, 0.15) is 18.2 Å². The van der Waals surface area contributed by atoms with Crippen molar-refractivity contribution >= 4 is 40.8 Å². The Hall–Kier alpha value is -1.35. The van der Waals surface area contributed by atoms with Crippen LogP contribution in [-0.2, 0) is 6.18 Å². The number of anilines is 1. The third-order valence-corrected chi connectivity index (χ3v) is 4.64. The van der Waals surface area contributed by atoms with Crippen LogP contribution in [0, 0.1) is 17.1 Å². The van der Waals surface area contributed by atoms with Crippen molar-refractivity contribution < 1.29 is 30.7 Å². The second-order valence-corrected chi connectivity index (χ2v) is 6.48. The molecule has 0 spiro atoms. The van der Waals surface area contributed by atoms with E-state index in [4.69, 9.17) is 28.5 Å². The molecule has 1 aromatic carbocycles. The highest BCUT2D eigenvalue weighted by Gasteiger charge is 2.44. The molecule has 1 aliphatic heterocycles. The number of benzene rings is 1. The van der Waals surface area contributed by atoms with Crippen molar-refractivity contribution in [1.29, 1.82) is 5.26 Å². The summed E-state index contributed by atoms with van der Waals surface area (Å²) in [5, 5.41) is 8.20. The number of hydrazine groups is 1.